The van der Waals surface area contributed by atoms with Crippen molar-refractivity contribution in [1.29, 1.82) is 0 Å². The van der Waals surface area contributed by atoms with E-state index in [1.54, 1.807) is 0 Å². The lowest BCUT2D eigenvalue weighted by atomic mass is 9.95. The summed E-state index contributed by atoms with van der Waals surface area (Å²) in [5, 5.41) is 5.52. The predicted molar refractivity (Wildman–Crippen MR) is 73.5 cm³/mol. The van der Waals surface area contributed by atoms with Crippen LogP contribution in [0.15, 0.2) is 24.3 Å². The van der Waals surface area contributed by atoms with Crippen LogP contribution in [0.4, 0.5) is 5.69 Å². The lowest BCUT2D eigenvalue weighted by Crippen LogP contribution is -2.39. The quantitative estimate of drug-likeness (QED) is 0.534. The van der Waals surface area contributed by atoms with Crippen LogP contribution < -0.4 is 16.4 Å². The van der Waals surface area contributed by atoms with E-state index in [-0.39, 0.29) is 17.2 Å². The third-order valence-corrected chi connectivity index (χ3v) is 3.43. The van der Waals surface area contributed by atoms with E-state index in [0.29, 0.717) is 18.8 Å². The molecule has 4 N–H and O–H groups in total. The number of hydrogen-bond acceptors (Lipinski definition) is 3. The number of rotatable bonds is 5. The van der Waals surface area contributed by atoms with Gasteiger partial charge in [-0.25, -0.2) is 0 Å². The van der Waals surface area contributed by atoms with Crippen molar-refractivity contribution in [2.45, 2.75) is 25.2 Å². The van der Waals surface area contributed by atoms with Crippen LogP contribution in [0.1, 0.15) is 25.3 Å². The molecule has 5 heteroatoms. The van der Waals surface area contributed by atoms with Crippen molar-refractivity contribution in [3.05, 3.63) is 29.8 Å². The van der Waals surface area contributed by atoms with E-state index in [0.717, 1.165) is 18.4 Å². The molecule has 2 amide bonds. The largest absolute Gasteiger partial charge is 0.399 e. The molecule has 0 atom stereocenters. The number of carbonyl (C=O) groups excluding carboxylic acids is 2. The predicted octanol–water partition coefficient (Wildman–Crippen LogP) is 0.553. The normalized spacial score (nSPS) is 15.6. The minimum absolute atomic E-state index is 0.0302. The van der Waals surface area contributed by atoms with E-state index in [1.165, 1.54) is 6.92 Å². The van der Waals surface area contributed by atoms with Crippen molar-refractivity contribution in [2.75, 3.05) is 18.8 Å². The molecular weight excluding hydrogens is 242 g/mol. The Morgan fingerprint density at radius 2 is 1.74 bits per heavy atom. The van der Waals surface area contributed by atoms with Gasteiger partial charge in [0.1, 0.15) is 0 Å². The summed E-state index contributed by atoms with van der Waals surface area (Å²) in [5.74, 6) is -0.0588. The van der Waals surface area contributed by atoms with Gasteiger partial charge < -0.3 is 16.4 Å². The highest BCUT2D eigenvalue weighted by Crippen LogP contribution is 2.48. The Morgan fingerprint density at radius 3 is 2.26 bits per heavy atom. The minimum Gasteiger partial charge on any atom is -0.399 e. The van der Waals surface area contributed by atoms with E-state index in [9.17, 15) is 9.59 Å². The molecule has 0 bridgehead atoms. The summed E-state index contributed by atoms with van der Waals surface area (Å²) in [6.07, 6.45) is 1.73. The Labute approximate surface area is 112 Å². The zero-order valence-corrected chi connectivity index (χ0v) is 11.0. The molecule has 1 aromatic rings. The number of nitrogen functional groups attached to an aromatic ring is 1. The summed E-state index contributed by atoms with van der Waals surface area (Å²) in [7, 11) is 0. The van der Waals surface area contributed by atoms with Crippen molar-refractivity contribution in [3.8, 4) is 0 Å². The molecule has 19 heavy (non-hydrogen) atoms. The van der Waals surface area contributed by atoms with Crippen LogP contribution in [0.25, 0.3) is 0 Å². The average Bonchev–Trinajstić information content (AvgIpc) is 3.16. The maximum Gasteiger partial charge on any atom is 0.230 e. The molecule has 1 fully saturated rings. The Kier molecular flexibility index (Phi) is 3.74. The highest BCUT2D eigenvalue weighted by molar-refractivity contribution is 5.91. The first kappa shape index (κ1) is 13.4. The van der Waals surface area contributed by atoms with Crippen LogP contribution in [0, 0.1) is 0 Å². The van der Waals surface area contributed by atoms with Crippen molar-refractivity contribution < 1.29 is 9.59 Å². The van der Waals surface area contributed by atoms with Gasteiger partial charge in [-0.2, -0.15) is 0 Å². The second-order valence-electron chi connectivity index (χ2n) is 4.94. The van der Waals surface area contributed by atoms with Crippen molar-refractivity contribution >= 4 is 17.5 Å². The monoisotopic (exact) mass is 261 g/mol. The van der Waals surface area contributed by atoms with Gasteiger partial charge in [-0.3, -0.25) is 9.59 Å². The molecule has 5 nitrogen and oxygen atoms in total. The number of anilines is 1. The highest BCUT2D eigenvalue weighted by Gasteiger charge is 2.50. The van der Waals surface area contributed by atoms with Gasteiger partial charge in [0.2, 0.25) is 11.8 Å². The van der Waals surface area contributed by atoms with Crippen molar-refractivity contribution in [3.63, 3.8) is 0 Å². The fourth-order valence-electron chi connectivity index (χ4n) is 2.16. The van der Waals surface area contributed by atoms with Gasteiger partial charge in [0.05, 0.1) is 5.41 Å². The van der Waals surface area contributed by atoms with Gasteiger partial charge in [-0.05, 0) is 30.5 Å². The van der Waals surface area contributed by atoms with Crippen LogP contribution in [-0.4, -0.2) is 24.9 Å². The SMILES string of the molecule is CC(=O)NCCNC(=O)C1(c2ccc(N)cc2)CC1. The van der Waals surface area contributed by atoms with Crippen molar-refractivity contribution in [2.24, 2.45) is 0 Å². The van der Waals surface area contributed by atoms with E-state index in [2.05, 4.69) is 10.6 Å². The first-order valence-corrected chi connectivity index (χ1v) is 6.43. The van der Waals surface area contributed by atoms with Gasteiger partial charge in [0.25, 0.3) is 0 Å². The molecule has 1 aliphatic carbocycles. The Bertz CT molecular complexity index is 478. The molecule has 0 saturated heterocycles. The van der Waals surface area contributed by atoms with Gasteiger partial charge in [0, 0.05) is 25.7 Å². The summed E-state index contributed by atoms with van der Waals surface area (Å²) in [5.41, 5.74) is 6.98. The molecule has 2 rings (SSSR count). The zero-order chi connectivity index (χ0) is 13.9. The lowest BCUT2D eigenvalue weighted by Gasteiger charge is -2.16. The smallest absolute Gasteiger partial charge is 0.230 e. The number of amides is 2. The first-order chi connectivity index (χ1) is 9.04. The van der Waals surface area contributed by atoms with Crippen LogP contribution in [0.3, 0.4) is 0 Å². The maximum atomic E-state index is 12.2. The summed E-state index contributed by atoms with van der Waals surface area (Å²) in [4.78, 5) is 22.9. The van der Waals surface area contributed by atoms with Gasteiger partial charge in [-0.15, -0.1) is 0 Å². The third kappa shape index (κ3) is 3.05. The molecule has 1 saturated carbocycles. The maximum absolute atomic E-state index is 12.2. The standard InChI is InChI=1S/C14H19N3O2/c1-10(18)16-8-9-17-13(19)14(6-7-14)11-2-4-12(15)5-3-11/h2-5H,6-9,15H2,1H3,(H,16,18)(H,17,19). The molecule has 0 spiro atoms. The van der Waals surface area contributed by atoms with E-state index in [1.807, 2.05) is 24.3 Å². The molecule has 0 aliphatic heterocycles. The minimum atomic E-state index is -0.385. The Hall–Kier alpha value is -2.04. The summed E-state index contributed by atoms with van der Waals surface area (Å²) < 4.78 is 0. The average molecular weight is 261 g/mol. The fourth-order valence-corrected chi connectivity index (χ4v) is 2.16. The van der Waals surface area contributed by atoms with Crippen LogP contribution in [-0.2, 0) is 15.0 Å². The van der Waals surface area contributed by atoms with Crippen LogP contribution in [0.5, 0.6) is 0 Å². The van der Waals surface area contributed by atoms with Crippen molar-refractivity contribution in [1.82, 2.24) is 10.6 Å². The number of hydrogen-bond donors (Lipinski definition) is 3. The van der Waals surface area contributed by atoms with Gasteiger partial charge in [-0.1, -0.05) is 12.1 Å². The highest BCUT2D eigenvalue weighted by atomic mass is 16.2. The van der Waals surface area contributed by atoms with E-state index >= 15 is 0 Å². The Morgan fingerprint density at radius 1 is 1.16 bits per heavy atom. The number of nitrogens with two attached hydrogens (primary N) is 1. The fraction of sp³-hybridized carbons (Fsp3) is 0.429. The Balaban J connectivity index is 1.91. The molecule has 102 valence electrons. The van der Waals surface area contributed by atoms with Gasteiger partial charge >= 0.3 is 0 Å². The summed E-state index contributed by atoms with van der Waals surface area (Å²) in [6.45, 7) is 2.37. The van der Waals surface area contributed by atoms with Crippen LogP contribution in [0.2, 0.25) is 0 Å². The molecule has 0 heterocycles. The third-order valence-electron chi connectivity index (χ3n) is 3.43. The van der Waals surface area contributed by atoms with E-state index in [4.69, 9.17) is 5.73 Å². The topological polar surface area (TPSA) is 84.2 Å². The molecule has 1 aliphatic rings. The first-order valence-electron chi connectivity index (χ1n) is 6.43. The molecular formula is C14H19N3O2. The summed E-state index contributed by atoms with van der Waals surface area (Å²) >= 11 is 0. The van der Waals surface area contributed by atoms with Gasteiger partial charge in [0.15, 0.2) is 0 Å². The molecule has 0 unspecified atom stereocenters. The van der Waals surface area contributed by atoms with Crippen LogP contribution >= 0.6 is 0 Å². The second kappa shape index (κ2) is 5.30. The molecule has 0 radical (unpaired) electrons. The number of carbonyl (C=O) groups is 2. The zero-order valence-electron chi connectivity index (χ0n) is 11.0. The number of nitrogens with one attached hydrogen (secondary N) is 2. The molecule has 0 aromatic heterocycles. The summed E-state index contributed by atoms with van der Waals surface area (Å²) in [6, 6.07) is 7.46. The second-order valence-corrected chi connectivity index (χ2v) is 4.94. The van der Waals surface area contributed by atoms with E-state index < -0.39 is 0 Å². The molecule has 1 aromatic carbocycles. The number of benzene rings is 1. The lowest BCUT2D eigenvalue weighted by molar-refractivity contribution is -0.124.